The second-order valence-corrected chi connectivity index (χ2v) is 12.2. The fraction of sp³-hybridized carbons (Fsp3) is 0. The van der Waals surface area contributed by atoms with Gasteiger partial charge >= 0.3 is 0 Å². The average Bonchev–Trinajstić information content (AvgIpc) is 3.15. The molecule has 0 heterocycles. The van der Waals surface area contributed by atoms with Gasteiger partial charge in [-0.3, -0.25) is 0 Å². The summed E-state index contributed by atoms with van der Waals surface area (Å²) in [7, 11) is 0. The first-order valence-electron chi connectivity index (χ1n) is 16.2. The number of hydrogen-bond donors (Lipinski definition) is 0. The molecule has 0 unspecified atom stereocenters. The molecule has 0 radical (unpaired) electrons. The summed E-state index contributed by atoms with van der Waals surface area (Å²) in [4.78, 5) is 2.45. The molecular formula is C46H31N. The molecule has 0 aromatic heterocycles. The predicted octanol–water partition coefficient (Wildman–Crippen LogP) is 13.1. The smallest absolute Gasteiger partial charge is 0.0546 e. The van der Waals surface area contributed by atoms with Gasteiger partial charge in [0.25, 0.3) is 0 Å². The first kappa shape index (κ1) is 27.2. The monoisotopic (exact) mass is 597 g/mol. The summed E-state index contributed by atoms with van der Waals surface area (Å²) >= 11 is 0. The van der Waals surface area contributed by atoms with Crippen LogP contribution in [0.2, 0.25) is 0 Å². The van der Waals surface area contributed by atoms with Gasteiger partial charge in [-0.1, -0.05) is 158 Å². The van der Waals surface area contributed by atoms with Gasteiger partial charge in [0, 0.05) is 16.6 Å². The van der Waals surface area contributed by atoms with Gasteiger partial charge in [0.15, 0.2) is 0 Å². The summed E-state index contributed by atoms with van der Waals surface area (Å²) < 4.78 is 0. The van der Waals surface area contributed by atoms with Crippen LogP contribution >= 0.6 is 0 Å². The first-order valence-corrected chi connectivity index (χ1v) is 16.2. The lowest BCUT2D eigenvalue weighted by molar-refractivity contribution is 1.30. The second-order valence-electron chi connectivity index (χ2n) is 12.2. The Morgan fingerprint density at radius 3 is 1.70 bits per heavy atom. The van der Waals surface area contributed by atoms with Crippen molar-refractivity contribution in [1.29, 1.82) is 0 Å². The van der Waals surface area contributed by atoms with E-state index >= 15 is 0 Å². The molecule has 220 valence electrons. The van der Waals surface area contributed by atoms with E-state index in [-0.39, 0.29) is 0 Å². The zero-order valence-corrected chi connectivity index (χ0v) is 25.8. The van der Waals surface area contributed by atoms with Crippen molar-refractivity contribution in [3.63, 3.8) is 0 Å². The highest BCUT2D eigenvalue weighted by Gasteiger charge is 2.21. The number of benzene rings is 9. The molecule has 9 aromatic rings. The third-order valence-electron chi connectivity index (χ3n) is 9.42. The molecule has 0 spiro atoms. The standard InChI is InChI=1S/C46H31N/c1-2-13-34(14-3-1)40-18-10-11-21-45(40)47(38-27-24-33(25-28-38)37-23-22-32-12-4-5-16-36(32)30-37)46-31-44-39-17-7-6-15-35(39)26-29-42(44)41-19-8-9-20-43(41)46/h1-31H. The Bertz CT molecular complexity index is 2560. The van der Waals surface area contributed by atoms with Gasteiger partial charge in [-0.25, -0.2) is 0 Å². The maximum Gasteiger partial charge on any atom is 0.0546 e. The van der Waals surface area contributed by atoms with E-state index in [0.717, 1.165) is 17.1 Å². The average molecular weight is 598 g/mol. The molecule has 0 aliphatic rings. The fourth-order valence-electron chi connectivity index (χ4n) is 7.14. The molecule has 0 aliphatic heterocycles. The van der Waals surface area contributed by atoms with Crippen molar-refractivity contribution in [1.82, 2.24) is 0 Å². The van der Waals surface area contributed by atoms with Gasteiger partial charge in [-0.15, -0.1) is 0 Å². The second kappa shape index (κ2) is 11.3. The largest absolute Gasteiger partial charge is 0.309 e. The molecular weight excluding hydrogens is 567 g/mol. The van der Waals surface area contributed by atoms with E-state index in [1.54, 1.807) is 0 Å². The van der Waals surface area contributed by atoms with Crippen LogP contribution in [0.25, 0.3) is 65.3 Å². The molecule has 1 nitrogen and oxygen atoms in total. The van der Waals surface area contributed by atoms with Crippen molar-refractivity contribution < 1.29 is 0 Å². The summed E-state index contributed by atoms with van der Waals surface area (Å²) in [5.41, 5.74) is 8.21. The van der Waals surface area contributed by atoms with Crippen LogP contribution in [0.4, 0.5) is 17.1 Å². The van der Waals surface area contributed by atoms with Crippen molar-refractivity contribution in [3.8, 4) is 22.3 Å². The zero-order chi connectivity index (χ0) is 31.2. The number of nitrogens with zero attached hydrogens (tertiary/aromatic N) is 1. The van der Waals surface area contributed by atoms with Gasteiger partial charge in [0.2, 0.25) is 0 Å². The van der Waals surface area contributed by atoms with E-state index in [1.165, 1.54) is 65.3 Å². The quantitative estimate of drug-likeness (QED) is 0.178. The third kappa shape index (κ3) is 4.72. The number of fused-ring (bicyclic) bond motifs is 6. The molecule has 0 aliphatic carbocycles. The highest BCUT2D eigenvalue weighted by Crippen LogP contribution is 2.46. The van der Waals surface area contributed by atoms with Crippen molar-refractivity contribution in [3.05, 3.63) is 188 Å². The number of anilines is 3. The molecule has 0 saturated heterocycles. The Morgan fingerprint density at radius 1 is 0.277 bits per heavy atom. The molecule has 0 atom stereocenters. The minimum atomic E-state index is 1.11. The Kier molecular flexibility index (Phi) is 6.54. The summed E-state index contributed by atoms with van der Waals surface area (Å²) in [6.07, 6.45) is 0. The van der Waals surface area contributed by atoms with Gasteiger partial charge in [-0.05, 0) is 84.7 Å². The summed E-state index contributed by atoms with van der Waals surface area (Å²) in [5, 5.41) is 10.0. The van der Waals surface area contributed by atoms with E-state index in [1.807, 2.05) is 0 Å². The first-order chi connectivity index (χ1) is 23.3. The number of rotatable bonds is 5. The Morgan fingerprint density at radius 2 is 0.872 bits per heavy atom. The molecule has 0 fully saturated rings. The van der Waals surface area contributed by atoms with Crippen molar-refractivity contribution >= 4 is 60.2 Å². The fourth-order valence-corrected chi connectivity index (χ4v) is 7.14. The van der Waals surface area contributed by atoms with Crippen LogP contribution in [0.5, 0.6) is 0 Å². The van der Waals surface area contributed by atoms with E-state index in [0.29, 0.717) is 0 Å². The molecule has 47 heavy (non-hydrogen) atoms. The third-order valence-corrected chi connectivity index (χ3v) is 9.42. The molecule has 0 saturated carbocycles. The highest BCUT2D eigenvalue weighted by atomic mass is 15.1. The minimum absolute atomic E-state index is 1.11. The van der Waals surface area contributed by atoms with Crippen LogP contribution in [-0.4, -0.2) is 0 Å². The normalized spacial score (nSPS) is 11.4. The zero-order valence-electron chi connectivity index (χ0n) is 25.8. The Labute approximate surface area is 274 Å². The van der Waals surface area contributed by atoms with E-state index in [9.17, 15) is 0 Å². The lowest BCUT2D eigenvalue weighted by atomic mass is 9.94. The predicted molar refractivity (Wildman–Crippen MR) is 202 cm³/mol. The summed E-state index contributed by atoms with van der Waals surface area (Å²) in [6, 6.07) is 68.3. The summed E-state index contributed by atoms with van der Waals surface area (Å²) in [6.45, 7) is 0. The highest BCUT2D eigenvalue weighted by molar-refractivity contribution is 6.21. The van der Waals surface area contributed by atoms with Crippen molar-refractivity contribution in [2.45, 2.75) is 0 Å². The Hall–Kier alpha value is -6.18. The maximum absolute atomic E-state index is 2.45. The lowest BCUT2D eigenvalue weighted by Gasteiger charge is -2.30. The summed E-state index contributed by atoms with van der Waals surface area (Å²) in [5.74, 6) is 0. The van der Waals surface area contributed by atoms with Gasteiger partial charge in [0.05, 0.1) is 11.4 Å². The SMILES string of the molecule is c1ccc(-c2ccccc2N(c2ccc(-c3ccc4ccccc4c3)cc2)c2cc3c4ccccc4ccc3c3ccccc23)cc1. The van der Waals surface area contributed by atoms with E-state index in [4.69, 9.17) is 0 Å². The van der Waals surface area contributed by atoms with Crippen LogP contribution in [-0.2, 0) is 0 Å². The minimum Gasteiger partial charge on any atom is -0.309 e. The van der Waals surface area contributed by atoms with Crippen LogP contribution in [0, 0.1) is 0 Å². The molecule has 0 amide bonds. The lowest BCUT2D eigenvalue weighted by Crippen LogP contribution is -2.12. The van der Waals surface area contributed by atoms with Crippen molar-refractivity contribution in [2.24, 2.45) is 0 Å². The number of para-hydroxylation sites is 1. The molecule has 0 bridgehead atoms. The van der Waals surface area contributed by atoms with Crippen LogP contribution in [0.1, 0.15) is 0 Å². The maximum atomic E-state index is 2.45. The molecule has 9 rings (SSSR count). The van der Waals surface area contributed by atoms with Crippen LogP contribution in [0.3, 0.4) is 0 Å². The Balaban J connectivity index is 1.31. The van der Waals surface area contributed by atoms with E-state index in [2.05, 4.69) is 193 Å². The molecule has 0 N–H and O–H groups in total. The van der Waals surface area contributed by atoms with Gasteiger partial charge in [-0.2, -0.15) is 0 Å². The van der Waals surface area contributed by atoms with Gasteiger partial charge in [0.1, 0.15) is 0 Å². The molecule has 9 aromatic carbocycles. The van der Waals surface area contributed by atoms with Crippen LogP contribution < -0.4 is 4.90 Å². The van der Waals surface area contributed by atoms with Crippen molar-refractivity contribution in [2.75, 3.05) is 4.90 Å². The number of hydrogen-bond acceptors (Lipinski definition) is 1. The topological polar surface area (TPSA) is 3.24 Å². The van der Waals surface area contributed by atoms with E-state index < -0.39 is 0 Å². The van der Waals surface area contributed by atoms with Crippen LogP contribution in [0.15, 0.2) is 188 Å². The van der Waals surface area contributed by atoms with Gasteiger partial charge < -0.3 is 4.90 Å². The molecule has 1 heteroatoms.